The molecule has 0 spiro atoms. The monoisotopic (exact) mass is 404 g/mol. The van der Waals surface area contributed by atoms with Crippen LogP contribution in [0.25, 0.3) is 33.4 Å². The summed E-state index contributed by atoms with van der Waals surface area (Å²) in [6, 6.07) is 26.3. The molecule has 2 nitrogen and oxygen atoms in total. The Morgan fingerprint density at radius 1 is 0.645 bits per heavy atom. The van der Waals surface area contributed by atoms with E-state index in [9.17, 15) is 0 Å². The summed E-state index contributed by atoms with van der Waals surface area (Å²) in [5.41, 5.74) is 27.1. The van der Waals surface area contributed by atoms with Gasteiger partial charge in [0.1, 0.15) is 0 Å². The standard InChI is InChI=1S/C29H28N2/c1-3-18-15-21(9-13-27(18)30)24-11-12-25-23-8-6-5-7-20(23)17-26(25)29(24)22-10-14-28(31)19(4-2)16-22/h5-16H,3-4,17,30-31H2,1-2H3. The van der Waals surface area contributed by atoms with Crippen LogP contribution in [0, 0.1) is 0 Å². The molecule has 154 valence electrons. The molecule has 0 atom stereocenters. The molecule has 1 aliphatic rings. The predicted molar refractivity (Wildman–Crippen MR) is 133 cm³/mol. The lowest BCUT2D eigenvalue weighted by atomic mass is 9.86. The number of aryl methyl sites for hydroxylation is 2. The second-order valence-electron chi connectivity index (χ2n) is 8.38. The number of hydrogen-bond donors (Lipinski definition) is 2. The predicted octanol–water partition coefficient (Wildman–Crippen LogP) is 6.88. The normalized spacial score (nSPS) is 11.9. The summed E-state index contributed by atoms with van der Waals surface area (Å²) in [5.74, 6) is 0. The fourth-order valence-corrected chi connectivity index (χ4v) is 4.93. The molecule has 0 fully saturated rings. The van der Waals surface area contributed by atoms with Gasteiger partial charge in [-0.3, -0.25) is 0 Å². The molecule has 1 aliphatic carbocycles. The van der Waals surface area contributed by atoms with Crippen molar-refractivity contribution in [2.45, 2.75) is 33.1 Å². The Labute approximate surface area is 184 Å². The highest BCUT2D eigenvalue weighted by Gasteiger charge is 2.24. The molecule has 0 saturated heterocycles. The first-order valence-corrected chi connectivity index (χ1v) is 11.1. The van der Waals surface area contributed by atoms with Crippen molar-refractivity contribution in [3.8, 4) is 33.4 Å². The molecule has 2 heteroatoms. The van der Waals surface area contributed by atoms with Crippen molar-refractivity contribution >= 4 is 11.4 Å². The summed E-state index contributed by atoms with van der Waals surface area (Å²) < 4.78 is 0. The maximum Gasteiger partial charge on any atom is 0.0346 e. The third kappa shape index (κ3) is 3.19. The maximum atomic E-state index is 6.25. The average molecular weight is 405 g/mol. The molecule has 0 unspecified atom stereocenters. The first-order chi connectivity index (χ1) is 15.1. The van der Waals surface area contributed by atoms with Gasteiger partial charge in [0.2, 0.25) is 0 Å². The summed E-state index contributed by atoms with van der Waals surface area (Å²) in [6.45, 7) is 4.32. The van der Waals surface area contributed by atoms with Crippen molar-refractivity contribution < 1.29 is 0 Å². The van der Waals surface area contributed by atoms with Crippen LogP contribution in [0.4, 0.5) is 11.4 Å². The van der Waals surface area contributed by atoms with Gasteiger partial charge in [-0.05, 0) is 99.2 Å². The lowest BCUT2D eigenvalue weighted by molar-refractivity contribution is 1.14. The molecule has 0 aromatic heterocycles. The van der Waals surface area contributed by atoms with E-state index >= 15 is 0 Å². The Morgan fingerprint density at radius 3 is 1.97 bits per heavy atom. The second-order valence-corrected chi connectivity index (χ2v) is 8.38. The smallest absolute Gasteiger partial charge is 0.0346 e. The van der Waals surface area contributed by atoms with Crippen LogP contribution in [0.1, 0.15) is 36.1 Å². The van der Waals surface area contributed by atoms with Crippen molar-refractivity contribution in [2.75, 3.05) is 11.5 Å². The molecular weight excluding hydrogens is 376 g/mol. The Hall–Kier alpha value is -3.52. The van der Waals surface area contributed by atoms with Crippen molar-refractivity contribution in [2.24, 2.45) is 0 Å². The first-order valence-electron chi connectivity index (χ1n) is 11.1. The van der Waals surface area contributed by atoms with Crippen LogP contribution in [0.5, 0.6) is 0 Å². The van der Waals surface area contributed by atoms with Gasteiger partial charge in [0.25, 0.3) is 0 Å². The zero-order chi connectivity index (χ0) is 21.5. The van der Waals surface area contributed by atoms with E-state index in [1.165, 1.54) is 55.6 Å². The number of anilines is 2. The van der Waals surface area contributed by atoms with Crippen LogP contribution in [0.2, 0.25) is 0 Å². The third-order valence-corrected chi connectivity index (χ3v) is 6.64. The number of hydrogen-bond acceptors (Lipinski definition) is 2. The summed E-state index contributed by atoms with van der Waals surface area (Å²) in [4.78, 5) is 0. The summed E-state index contributed by atoms with van der Waals surface area (Å²) in [6.07, 6.45) is 2.80. The molecule has 5 rings (SSSR count). The van der Waals surface area contributed by atoms with Crippen LogP contribution >= 0.6 is 0 Å². The Morgan fingerprint density at radius 2 is 1.26 bits per heavy atom. The average Bonchev–Trinajstić information content (AvgIpc) is 3.18. The van der Waals surface area contributed by atoms with Gasteiger partial charge in [-0.1, -0.05) is 62.4 Å². The minimum atomic E-state index is 0.863. The van der Waals surface area contributed by atoms with E-state index in [1.54, 1.807) is 0 Å². The molecule has 0 amide bonds. The lowest BCUT2D eigenvalue weighted by Gasteiger charge is -2.18. The summed E-state index contributed by atoms with van der Waals surface area (Å²) in [5, 5.41) is 0. The van der Waals surface area contributed by atoms with E-state index in [0.29, 0.717) is 0 Å². The van der Waals surface area contributed by atoms with Gasteiger partial charge in [0.05, 0.1) is 0 Å². The van der Waals surface area contributed by atoms with Crippen molar-refractivity contribution in [3.05, 3.63) is 95.1 Å². The van der Waals surface area contributed by atoms with Crippen molar-refractivity contribution in [1.82, 2.24) is 0 Å². The molecule has 0 radical (unpaired) electrons. The molecule has 4 aromatic carbocycles. The van der Waals surface area contributed by atoms with Crippen LogP contribution < -0.4 is 11.5 Å². The number of fused-ring (bicyclic) bond motifs is 3. The van der Waals surface area contributed by atoms with Crippen molar-refractivity contribution in [3.63, 3.8) is 0 Å². The van der Waals surface area contributed by atoms with Gasteiger partial charge in [0.15, 0.2) is 0 Å². The highest BCUT2D eigenvalue weighted by Crippen LogP contribution is 2.46. The van der Waals surface area contributed by atoms with Crippen LogP contribution in [-0.2, 0) is 19.3 Å². The minimum Gasteiger partial charge on any atom is -0.399 e. The molecule has 4 N–H and O–H groups in total. The highest BCUT2D eigenvalue weighted by atomic mass is 14.6. The SMILES string of the molecule is CCc1cc(-c2ccc3c(c2-c2ccc(N)c(CC)c2)Cc2ccccc2-3)ccc1N. The molecule has 0 heterocycles. The zero-order valence-electron chi connectivity index (χ0n) is 18.2. The minimum absolute atomic E-state index is 0.863. The van der Waals surface area contributed by atoms with E-state index in [4.69, 9.17) is 11.5 Å². The molecule has 31 heavy (non-hydrogen) atoms. The van der Waals surface area contributed by atoms with E-state index in [0.717, 1.165) is 30.6 Å². The van der Waals surface area contributed by atoms with E-state index in [2.05, 4.69) is 80.6 Å². The number of nitrogens with two attached hydrogens (primary N) is 2. The second kappa shape index (κ2) is 7.63. The number of rotatable bonds is 4. The fourth-order valence-electron chi connectivity index (χ4n) is 4.93. The molecule has 4 aromatic rings. The number of nitrogen functional groups attached to an aromatic ring is 2. The highest BCUT2D eigenvalue weighted by molar-refractivity contribution is 5.94. The molecular formula is C29H28N2. The largest absolute Gasteiger partial charge is 0.399 e. The van der Waals surface area contributed by atoms with Gasteiger partial charge in [-0.25, -0.2) is 0 Å². The third-order valence-electron chi connectivity index (χ3n) is 6.64. The van der Waals surface area contributed by atoms with Gasteiger partial charge >= 0.3 is 0 Å². The van der Waals surface area contributed by atoms with Gasteiger partial charge in [-0.15, -0.1) is 0 Å². The topological polar surface area (TPSA) is 52.0 Å². The van der Waals surface area contributed by atoms with Gasteiger partial charge < -0.3 is 11.5 Å². The van der Waals surface area contributed by atoms with Gasteiger partial charge in [-0.2, -0.15) is 0 Å². The Kier molecular flexibility index (Phi) is 4.78. The van der Waals surface area contributed by atoms with E-state index in [1.807, 2.05) is 6.07 Å². The summed E-state index contributed by atoms with van der Waals surface area (Å²) in [7, 11) is 0. The fraction of sp³-hybridized carbons (Fsp3) is 0.172. The quantitative estimate of drug-likeness (QED) is 0.321. The number of benzene rings is 4. The maximum absolute atomic E-state index is 6.25. The van der Waals surface area contributed by atoms with Crippen molar-refractivity contribution in [1.29, 1.82) is 0 Å². The molecule has 0 bridgehead atoms. The Bertz CT molecular complexity index is 1300. The van der Waals surface area contributed by atoms with Crippen LogP contribution in [-0.4, -0.2) is 0 Å². The zero-order valence-corrected chi connectivity index (χ0v) is 18.2. The molecule has 0 aliphatic heterocycles. The van der Waals surface area contributed by atoms with E-state index < -0.39 is 0 Å². The first kappa shape index (κ1) is 19.4. The Balaban J connectivity index is 1.80. The van der Waals surface area contributed by atoms with Gasteiger partial charge in [0, 0.05) is 11.4 Å². The summed E-state index contributed by atoms with van der Waals surface area (Å²) >= 11 is 0. The van der Waals surface area contributed by atoms with Crippen LogP contribution in [0.15, 0.2) is 72.8 Å². The molecule has 0 saturated carbocycles. The van der Waals surface area contributed by atoms with Crippen LogP contribution in [0.3, 0.4) is 0 Å². The lowest BCUT2D eigenvalue weighted by Crippen LogP contribution is -1.98. The van der Waals surface area contributed by atoms with E-state index in [-0.39, 0.29) is 0 Å².